The zero-order valence-corrected chi connectivity index (χ0v) is 10.5. The molecule has 4 nitrogen and oxygen atoms in total. The van der Waals surface area contributed by atoms with Crippen LogP contribution in [0.1, 0.15) is 33.6 Å². The van der Waals surface area contributed by atoms with Gasteiger partial charge in [-0.1, -0.05) is 13.8 Å². The number of hydrogen-bond donors (Lipinski definition) is 1. The first kappa shape index (κ1) is 13.2. The van der Waals surface area contributed by atoms with E-state index in [9.17, 15) is 9.59 Å². The SMILES string of the molecule is CC(C)CNC(=O)C(C)N1CCC(=O)CC1. The van der Waals surface area contributed by atoms with Gasteiger partial charge in [0, 0.05) is 32.5 Å². The van der Waals surface area contributed by atoms with Crippen LogP contribution in [0.5, 0.6) is 0 Å². The summed E-state index contributed by atoms with van der Waals surface area (Å²) in [7, 11) is 0. The summed E-state index contributed by atoms with van der Waals surface area (Å²) in [5, 5.41) is 2.92. The van der Waals surface area contributed by atoms with Crippen LogP contribution in [0.4, 0.5) is 0 Å². The quantitative estimate of drug-likeness (QED) is 0.772. The number of Topliss-reactive ketones (excluding diaryl/α,β-unsaturated/α-hetero) is 1. The molecule has 1 heterocycles. The first-order chi connectivity index (χ1) is 7.50. The molecule has 1 amide bonds. The summed E-state index contributed by atoms with van der Waals surface area (Å²) in [5.41, 5.74) is 0. The van der Waals surface area contributed by atoms with E-state index in [1.54, 1.807) is 0 Å². The second kappa shape index (κ2) is 5.99. The van der Waals surface area contributed by atoms with Gasteiger partial charge in [0.2, 0.25) is 5.91 Å². The number of rotatable bonds is 4. The van der Waals surface area contributed by atoms with Gasteiger partial charge in [-0.25, -0.2) is 0 Å². The highest BCUT2D eigenvalue weighted by Crippen LogP contribution is 2.09. The lowest BCUT2D eigenvalue weighted by atomic mass is 10.1. The highest BCUT2D eigenvalue weighted by Gasteiger charge is 2.25. The molecule has 1 N–H and O–H groups in total. The molecule has 1 unspecified atom stereocenters. The normalized spacial score (nSPS) is 19.9. The third kappa shape index (κ3) is 3.93. The molecule has 1 aliphatic heterocycles. The molecule has 0 aliphatic carbocycles. The number of carbonyl (C=O) groups excluding carboxylic acids is 2. The summed E-state index contributed by atoms with van der Waals surface area (Å²) in [5.74, 6) is 0.855. The van der Waals surface area contributed by atoms with E-state index >= 15 is 0 Å². The Morgan fingerprint density at radius 3 is 2.38 bits per heavy atom. The zero-order chi connectivity index (χ0) is 12.1. The molecule has 1 aliphatic rings. The monoisotopic (exact) mass is 226 g/mol. The lowest BCUT2D eigenvalue weighted by Crippen LogP contribution is -2.48. The van der Waals surface area contributed by atoms with Gasteiger partial charge >= 0.3 is 0 Å². The van der Waals surface area contributed by atoms with Crippen LogP contribution in [0, 0.1) is 5.92 Å². The van der Waals surface area contributed by atoms with Crippen molar-refractivity contribution in [3.8, 4) is 0 Å². The Kier molecular flexibility index (Phi) is 4.93. The van der Waals surface area contributed by atoms with Crippen LogP contribution in [0.25, 0.3) is 0 Å². The number of piperidine rings is 1. The van der Waals surface area contributed by atoms with Crippen molar-refractivity contribution in [2.75, 3.05) is 19.6 Å². The summed E-state index contributed by atoms with van der Waals surface area (Å²) in [6.07, 6.45) is 1.17. The van der Waals surface area contributed by atoms with Crippen LogP contribution in [0.3, 0.4) is 0 Å². The van der Waals surface area contributed by atoms with Crippen molar-refractivity contribution in [3.63, 3.8) is 0 Å². The number of hydrogen-bond acceptors (Lipinski definition) is 3. The van der Waals surface area contributed by atoms with E-state index in [1.807, 2.05) is 6.92 Å². The Hall–Kier alpha value is -0.900. The van der Waals surface area contributed by atoms with Crippen molar-refractivity contribution < 1.29 is 9.59 Å². The van der Waals surface area contributed by atoms with Crippen LogP contribution >= 0.6 is 0 Å². The van der Waals surface area contributed by atoms with Crippen LogP contribution in [-0.2, 0) is 9.59 Å². The Morgan fingerprint density at radius 1 is 1.31 bits per heavy atom. The Balaban J connectivity index is 2.35. The molecule has 1 saturated heterocycles. The first-order valence-corrected chi connectivity index (χ1v) is 6.04. The molecule has 92 valence electrons. The van der Waals surface area contributed by atoms with Crippen molar-refractivity contribution in [1.29, 1.82) is 0 Å². The molecule has 16 heavy (non-hydrogen) atoms. The molecule has 0 saturated carbocycles. The molecule has 4 heteroatoms. The van der Waals surface area contributed by atoms with E-state index in [0.717, 1.165) is 19.6 Å². The molecule has 1 atom stereocenters. The van der Waals surface area contributed by atoms with Gasteiger partial charge in [0.25, 0.3) is 0 Å². The van der Waals surface area contributed by atoms with Gasteiger partial charge < -0.3 is 5.32 Å². The minimum absolute atomic E-state index is 0.0723. The van der Waals surface area contributed by atoms with Crippen molar-refractivity contribution >= 4 is 11.7 Å². The Bertz CT molecular complexity index is 254. The number of nitrogens with zero attached hydrogens (tertiary/aromatic N) is 1. The van der Waals surface area contributed by atoms with Gasteiger partial charge in [0.15, 0.2) is 0 Å². The summed E-state index contributed by atoms with van der Waals surface area (Å²) >= 11 is 0. The summed E-state index contributed by atoms with van der Waals surface area (Å²) < 4.78 is 0. The van der Waals surface area contributed by atoms with Gasteiger partial charge in [0.05, 0.1) is 6.04 Å². The highest BCUT2D eigenvalue weighted by atomic mass is 16.2. The number of likely N-dealkylation sites (tertiary alicyclic amines) is 1. The largest absolute Gasteiger partial charge is 0.354 e. The van der Waals surface area contributed by atoms with E-state index < -0.39 is 0 Å². The maximum atomic E-state index is 11.8. The Morgan fingerprint density at radius 2 is 1.88 bits per heavy atom. The summed E-state index contributed by atoms with van der Waals surface area (Å²) in [4.78, 5) is 25.0. The molecule has 0 aromatic heterocycles. The summed E-state index contributed by atoms with van der Waals surface area (Å²) in [6, 6.07) is -0.119. The van der Waals surface area contributed by atoms with E-state index in [-0.39, 0.29) is 11.9 Å². The smallest absolute Gasteiger partial charge is 0.237 e. The van der Waals surface area contributed by atoms with Gasteiger partial charge in [0.1, 0.15) is 5.78 Å². The van der Waals surface area contributed by atoms with Crippen molar-refractivity contribution in [2.24, 2.45) is 5.92 Å². The number of carbonyl (C=O) groups is 2. The van der Waals surface area contributed by atoms with Gasteiger partial charge in [-0.3, -0.25) is 14.5 Å². The fourth-order valence-corrected chi connectivity index (χ4v) is 1.78. The van der Waals surface area contributed by atoms with Crippen LogP contribution in [0.15, 0.2) is 0 Å². The lowest BCUT2D eigenvalue weighted by molar-refractivity contribution is -0.129. The van der Waals surface area contributed by atoms with Gasteiger partial charge in [-0.05, 0) is 12.8 Å². The molecular formula is C12H22N2O2. The second-order valence-electron chi connectivity index (χ2n) is 4.89. The van der Waals surface area contributed by atoms with Crippen molar-refractivity contribution in [1.82, 2.24) is 10.2 Å². The molecule has 1 rings (SSSR count). The minimum atomic E-state index is -0.119. The van der Waals surface area contributed by atoms with E-state index in [2.05, 4.69) is 24.1 Å². The van der Waals surface area contributed by atoms with Gasteiger partial charge in [-0.15, -0.1) is 0 Å². The third-order valence-corrected chi connectivity index (χ3v) is 2.97. The van der Waals surface area contributed by atoms with Crippen molar-refractivity contribution in [3.05, 3.63) is 0 Å². The fourth-order valence-electron chi connectivity index (χ4n) is 1.78. The minimum Gasteiger partial charge on any atom is -0.354 e. The highest BCUT2D eigenvalue weighted by molar-refractivity contribution is 5.82. The zero-order valence-electron chi connectivity index (χ0n) is 10.5. The predicted molar refractivity (Wildman–Crippen MR) is 63.1 cm³/mol. The standard InChI is InChI=1S/C12H22N2O2/c1-9(2)8-13-12(16)10(3)14-6-4-11(15)5-7-14/h9-10H,4-8H2,1-3H3,(H,13,16). The van der Waals surface area contributed by atoms with Crippen molar-refractivity contribution in [2.45, 2.75) is 39.7 Å². The number of ketones is 1. The maximum absolute atomic E-state index is 11.8. The molecule has 0 radical (unpaired) electrons. The third-order valence-electron chi connectivity index (χ3n) is 2.97. The average molecular weight is 226 g/mol. The predicted octanol–water partition coefficient (Wildman–Crippen LogP) is 0.812. The molecule has 0 aromatic rings. The fraction of sp³-hybridized carbons (Fsp3) is 0.833. The van der Waals surface area contributed by atoms with Crippen LogP contribution in [0.2, 0.25) is 0 Å². The second-order valence-corrected chi connectivity index (χ2v) is 4.89. The molecular weight excluding hydrogens is 204 g/mol. The van der Waals surface area contributed by atoms with E-state index in [1.165, 1.54) is 0 Å². The lowest BCUT2D eigenvalue weighted by Gasteiger charge is -2.30. The summed E-state index contributed by atoms with van der Waals surface area (Å²) in [6.45, 7) is 8.21. The topological polar surface area (TPSA) is 49.4 Å². The molecule has 0 aromatic carbocycles. The van der Waals surface area contributed by atoms with Crippen LogP contribution < -0.4 is 5.32 Å². The van der Waals surface area contributed by atoms with E-state index in [0.29, 0.717) is 24.5 Å². The first-order valence-electron chi connectivity index (χ1n) is 6.04. The number of nitrogens with one attached hydrogen (secondary N) is 1. The molecule has 0 bridgehead atoms. The van der Waals surface area contributed by atoms with Crippen LogP contribution in [-0.4, -0.2) is 42.3 Å². The Labute approximate surface area is 97.4 Å². The molecule has 1 fully saturated rings. The average Bonchev–Trinajstić information content (AvgIpc) is 2.26. The molecule has 0 spiro atoms. The van der Waals surface area contributed by atoms with E-state index in [4.69, 9.17) is 0 Å². The van der Waals surface area contributed by atoms with Gasteiger partial charge in [-0.2, -0.15) is 0 Å². The number of amides is 1. The maximum Gasteiger partial charge on any atom is 0.237 e.